The van der Waals surface area contributed by atoms with Crippen LogP contribution in [-0.4, -0.2) is 36.4 Å². The molecule has 1 aliphatic rings. The lowest BCUT2D eigenvalue weighted by Gasteiger charge is -2.32. The Bertz CT molecular complexity index is 1270. The van der Waals surface area contributed by atoms with Crippen LogP contribution in [-0.2, 0) is 43.2 Å². The number of benzene rings is 3. The van der Waals surface area contributed by atoms with Gasteiger partial charge in [0.2, 0.25) is 0 Å². The van der Waals surface area contributed by atoms with Gasteiger partial charge in [-0.25, -0.2) is 14.0 Å². The van der Waals surface area contributed by atoms with Gasteiger partial charge in [-0.15, -0.1) is 0 Å². The van der Waals surface area contributed by atoms with E-state index < -0.39 is 42.2 Å². The van der Waals surface area contributed by atoms with Crippen LogP contribution in [0.25, 0.3) is 0 Å². The second kappa shape index (κ2) is 12.0. The molecule has 0 aliphatic carbocycles. The van der Waals surface area contributed by atoms with E-state index in [0.29, 0.717) is 5.46 Å². The molecule has 1 aliphatic heterocycles. The van der Waals surface area contributed by atoms with E-state index >= 15 is 4.39 Å². The minimum absolute atomic E-state index is 0.0142. The van der Waals surface area contributed by atoms with Crippen molar-refractivity contribution in [1.82, 2.24) is 5.32 Å². The molecular weight excluding hydrogens is 500 g/mol. The van der Waals surface area contributed by atoms with Gasteiger partial charge in [-0.05, 0) is 55.9 Å². The Labute approximate surface area is 228 Å². The van der Waals surface area contributed by atoms with Crippen molar-refractivity contribution in [2.75, 3.05) is 0 Å². The summed E-state index contributed by atoms with van der Waals surface area (Å²) in [6.45, 7) is 7.73. The minimum atomic E-state index is -1.17. The molecular formula is C30H33BFNO6. The molecule has 1 amide bonds. The first kappa shape index (κ1) is 28.3. The van der Waals surface area contributed by atoms with Crippen molar-refractivity contribution < 1.29 is 32.8 Å². The molecule has 1 N–H and O–H groups in total. The number of carbonyl (C=O) groups is 2. The van der Waals surface area contributed by atoms with Gasteiger partial charge >= 0.3 is 19.2 Å². The zero-order valence-electron chi connectivity index (χ0n) is 22.6. The van der Waals surface area contributed by atoms with E-state index in [1.165, 1.54) is 6.07 Å². The zero-order chi connectivity index (χ0) is 28.0. The number of carbonyl (C=O) groups excluding carboxylic acids is 2. The Morgan fingerprint density at radius 3 is 1.92 bits per heavy atom. The summed E-state index contributed by atoms with van der Waals surface area (Å²) in [6, 6.07) is 21.7. The number of ether oxygens (including phenoxy) is 2. The number of rotatable bonds is 9. The summed E-state index contributed by atoms with van der Waals surface area (Å²) < 4.78 is 38.0. The van der Waals surface area contributed by atoms with Gasteiger partial charge < -0.3 is 24.1 Å². The van der Waals surface area contributed by atoms with Gasteiger partial charge in [0, 0.05) is 6.42 Å². The van der Waals surface area contributed by atoms with E-state index in [0.717, 1.165) is 11.1 Å². The molecule has 1 heterocycles. The molecule has 0 aromatic heterocycles. The number of amides is 1. The Kier molecular flexibility index (Phi) is 8.72. The van der Waals surface area contributed by atoms with Crippen molar-refractivity contribution >= 4 is 24.6 Å². The van der Waals surface area contributed by atoms with Crippen molar-refractivity contribution in [3.05, 3.63) is 101 Å². The third-order valence-electron chi connectivity index (χ3n) is 7.04. The molecule has 3 aromatic carbocycles. The number of esters is 1. The van der Waals surface area contributed by atoms with Gasteiger partial charge in [-0.1, -0.05) is 72.8 Å². The summed E-state index contributed by atoms with van der Waals surface area (Å²) in [5, 5.41) is 2.54. The molecule has 3 aromatic rings. The number of halogens is 1. The monoisotopic (exact) mass is 533 g/mol. The molecule has 0 bridgehead atoms. The average Bonchev–Trinajstić information content (AvgIpc) is 3.14. The van der Waals surface area contributed by atoms with Gasteiger partial charge in [0.15, 0.2) is 0 Å². The zero-order valence-corrected chi connectivity index (χ0v) is 22.6. The molecule has 0 unspecified atom stereocenters. The minimum Gasteiger partial charge on any atom is -0.459 e. The van der Waals surface area contributed by atoms with Crippen molar-refractivity contribution in [2.45, 2.75) is 64.6 Å². The lowest BCUT2D eigenvalue weighted by Crippen LogP contribution is -2.44. The van der Waals surface area contributed by atoms with Crippen molar-refractivity contribution in [3.63, 3.8) is 0 Å². The first-order valence-electron chi connectivity index (χ1n) is 12.9. The average molecular weight is 533 g/mol. The van der Waals surface area contributed by atoms with Crippen LogP contribution in [0.15, 0.2) is 78.9 Å². The summed E-state index contributed by atoms with van der Waals surface area (Å²) in [5.74, 6) is -1.26. The molecule has 1 fully saturated rings. The Balaban J connectivity index is 1.46. The van der Waals surface area contributed by atoms with E-state index in [4.69, 9.17) is 18.8 Å². The number of hydrogen-bond donors (Lipinski definition) is 1. The summed E-state index contributed by atoms with van der Waals surface area (Å²) >= 11 is 0. The lowest BCUT2D eigenvalue weighted by atomic mass is 9.78. The number of alkyl carbamates (subject to hydrolysis) is 1. The maximum absolute atomic E-state index is 15.3. The van der Waals surface area contributed by atoms with E-state index in [2.05, 4.69) is 5.32 Å². The first-order chi connectivity index (χ1) is 18.5. The van der Waals surface area contributed by atoms with Crippen LogP contribution in [0.4, 0.5) is 9.18 Å². The van der Waals surface area contributed by atoms with E-state index in [9.17, 15) is 9.59 Å². The molecule has 9 heteroatoms. The van der Waals surface area contributed by atoms with Crippen LogP contribution < -0.4 is 10.8 Å². The molecule has 204 valence electrons. The van der Waals surface area contributed by atoms with E-state index in [1.54, 1.807) is 12.1 Å². The fraction of sp³-hybridized carbons (Fsp3) is 0.333. The normalized spacial score (nSPS) is 16.4. The smallest absolute Gasteiger partial charge is 0.459 e. The van der Waals surface area contributed by atoms with Crippen LogP contribution in [0.2, 0.25) is 0 Å². The SMILES string of the molecule is CC1(C)OB(c2ccc(C[C@H](NC(=O)OCc3ccccc3)C(=O)OCc3ccccc3)c(F)c2)OC1(C)C. The number of hydrogen-bond acceptors (Lipinski definition) is 6. The highest BCUT2D eigenvalue weighted by atomic mass is 19.1. The second-order valence-corrected chi connectivity index (χ2v) is 10.5. The van der Waals surface area contributed by atoms with Crippen molar-refractivity contribution in [2.24, 2.45) is 0 Å². The first-order valence-corrected chi connectivity index (χ1v) is 12.9. The highest BCUT2D eigenvalue weighted by molar-refractivity contribution is 6.62. The molecule has 4 rings (SSSR count). The molecule has 39 heavy (non-hydrogen) atoms. The molecule has 0 radical (unpaired) electrons. The predicted molar refractivity (Wildman–Crippen MR) is 146 cm³/mol. The fourth-order valence-electron chi connectivity index (χ4n) is 4.00. The third kappa shape index (κ3) is 7.25. The topological polar surface area (TPSA) is 83.1 Å². The van der Waals surface area contributed by atoms with Crippen LogP contribution >= 0.6 is 0 Å². The van der Waals surface area contributed by atoms with Crippen LogP contribution in [0, 0.1) is 5.82 Å². The van der Waals surface area contributed by atoms with Crippen LogP contribution in [0.5, 0.6) is 0 Å². The maximum atomic E-state index is 15.3. The van der Waals surface area contributed by atoms with Gasteiger partial charge in [0.25, 0.3) is 0 Å². The Morgan fingerprint density at radius 2 is 1.38 bits per heavy atom. The standard InChI is InChI=1S/C30H33BFNO6/c1-29(2)30(3,4)39-31(38-29)24-16-15-23(25(32)18-24)17-26(27(34)36-19-21-11-7-5-8-12-21)33-28(35)37-20-22-13-9-6-10-14-22/h5-16,18,26H,17,19-20H2,1-4H3,(H,33,35)/t26-/m0/s1. The summed E-state index contributed by atoms with van der Waals surface area (Å²) in [6.07, 6.45) is -0.946. The van der Waals surface area contributed by atoms with Gasteiger partial charge in [-0.2, -0.15) is 0 Å². The van der Waals surface area contributed by atoms with E-state index in [1.807, 2.05) is 88.4 Å². The van der Waals surface area contributed by atoms with Crippen molar-refractivity contribution in [1.29, 1.82) is 0 Å². The summed E-state index contributed by atoms with van der Waals surface area (Å²) in [4.78, 5) is 25.6. The molecule has 7 nitrogen and oxygen atoms in total. The van der Waals surface area contributed by atoms with Crippen molar-refractivity contribution in [3.8, 4) is 0 Å². The largest absolute Gasteiger partial charge is 0.494 e. The molecule has 1 saturated heterocycles. The maximum Gasteiger partial charge on any atom is 0.494 e. The summed E-state index contributed by atoms with van der Waals surface area (Å²) in [7, 11) is -0.726. The second-order valence-electron chi connectivity index (χ2n) is 10.5. The fourth-order valence-corrected chi connectivity index (χ4v) is 4.00. The molecule has 1 atom stereocenters. The van der Waals surface area contributed by atoms with Gasteiger partial charge in [0.1, 0.15) is 25.1 Å². The van der Waals surface area contributed by atoms with Gasteiger partial charge in [0.05, 0.1) is 11.2 Å². The Hall–Kier alpha value is -3.69. The van der Waals surface area contributed by atoms with Crippen LogP contribution in [0.1, 0.15) is 44.4 Å². The molecule has 0 spiro atoms. The number of nitrogens with one attached hydrogen (secondary N) is 1. The quantitative estimate of drug-likeness (QED) is 0.317. The lowest BCUT2D eigenvalue weighted by molar-refractivity contribution is -0.147. The van der Waals surface area contributed by atoms with E-state index in [-0.39, 0.29) is 25.2 Å². The summed E-state index contributed by atoms with van der Waals surface area (Å²) in [5.41, 5.74) is 1.19. The Morgan fingerprint density at radius 1 is 0.846 bits per heavy atom. The third-order valence-corrected chi connectivity index (χ3v) is 7.04. The highest BCUT2D eigenvalue weighted by Crippen LogP contribution is 2.36. The van der Waals surface area contributed by atoms with Crippen LogP contribution in [0.3, 0.4) is 0 Å². The highest BCUT2D eigenvalue weighted by Gasteiger charge is 2.51. The molecule has 0 saturated carbocycles. The predicted octanol–water partition coefficient (Wildman–Crippen LogP) is 4.71. The van der Waals surface area contributed by atoms with Gasteiger partial charge in [-0.3, -0.25) is 0 Å².